The molecule has 0 fully saturated rings. The van der Waals surface area contributed by atoms with Crippen LogP contribution in [0.25, 0.3) is 11.4 Å². The molecule has 1 heterocycles. The fraction of sp³-hybridized carbons (Fsp3) is 0.182. The molecule has 0 amide bonds. The molecular weight excluding hydrogens is 174 g/mol. The van der Waals surface area contributed by atoms with Crippen molar-refractivity contribution in [3.05, 3.63) is 42.2 Å². The molecule has 0 aliphatic rings. The molecule has 1 aromatic carbocycles. The Morgan fingerprint density at radius 1 is 1.14 bits per heavy atom. The highest BCUT2D eigenvalue weighted by Gasteiger charge is 2.13. The summed E-state index contributed by atoms with van der Waals surface area (Å²) in [5.74, 6) is 0.894. The van der Waals surface area contributed by atoms with E-state index in [9.17, 15) is 0 Å². The van der Waals surface area contributed by atoms with Gasteiger partial charge in [-0.25, -0.2) is 0 Å². The highest BCUT2D eigenvalue weighted by atomic mass is 15.3. The second-order valence-electron chi connectivity index (χ2n) is 3.20. The smallest absolute Gasteiger partial charge is 0.133 e. The lowest BCUT2D eigenvalue weighted by Gasteiger charge is -1.99. The van der Waals surface area contributed by atoms with Crippen molar-refractivity contribution in [3.8, 4) is 11.4 Å². The maximum Gasteiger partial charge on any atom is 0.350 e. The molecular formula is C11H12N3+. The molecule has 0 unspecified atom stereocenters. The molecule has 14 heavy (non-hydrogen) atoms. The van der Waals surface area contributed by atoms with E-state index < -0.39 is 0 Å². The Balaban J connectivity index is 2.61. The van der Waals surface area contributed by atoms with Crippen molar-refractivity contribution in [3.63, 3.8) is 0 Å². The van der Waals surface area contributed by atoms with Crippen LogP contribution in [0, 0.1) is 6.92 Å². The maximum absolute atomic E-state index is 4.31. The first-order valence-electron chi connectivity index (χ1n) is 4.52. The normalized spacial score (nSPS) is 10.1. The van der Waals surface area contributed by atoms with Crippen molar-refractivity contribution in [2.45, 2.75) is 6.92 Å². The summed E-state index contributed by atoms with van der Waals surface area (Å²) in [5, 5.41) is 4.15. The number of benzene rings is 1. The van der Waals surface area contributed by atoms with E-state index in [0.29, 0.717) is 0 Å². The molecule has 0 saturated carbocycles. The minimum Gasteiger partial charge on any atom is -0.133 e. The number of aryl methyl sites for hydroxylation is 2. The summed E-state index contributed by atoms with van der Waals surface area (Å²) < 4.78 is 1.78. The second-order valence-corrected chi connectivity index (χ2v) is 3.20. The molecule has 0 spiro atoms. The van der Waals surface area contributed by atoms with Gasteiger partial charge in [0.1, 0.15) is 13.2 Å². The molecule has 3 nitrogen and oxygen atoms in total. The molecule has 0 aliphatic carbocycles. The fourth-order valence-electron chi connectivity index (χ4n) is 1.44. The predicted octanol–water partition coefficient (Wildman–Crippen LogP) is 1.28. The van der Waals surface area contributed by atoms with Crippen molar-refractivity contribution in [1.82, 2.24) is 10.1 Å². The summed E-state index contributed by atoms with van der Waals surface area (Å²) in [6, 6.07) is 8.16. The van der Waals surface area contributed by atoms with Gasteiger partial charge >= 0.3 is 5.82 Å². The van der Waals surface area contributed by atoms with Gasteiger partial charge in [0.15, 0.2) is 6.20 Å². The van der Waals surface area contributed by atoms with Crippen LogP contribution in [-0.2, 0) is 7.05 Å². The van der Waals surface area contributed by atoms with Crippen LogP contribution in [0.5, 0.6) is 0 Å². The minimum atomic E-state index is 0.894. The average Bonchev–Trinajstić information content (AvgIpc) is 2.20. The average molecular weight is 186 g/mol. The molecule has 0 saturated heterocycles. The van der Waals surface area contributed by atoms with Crippen LogP contribution in [0.15, 0.2) is 36.7 Å². The zero-order valence-electron chi connectivity index (χ0n) is 8.31. The quantitative estimate of drug-likeness (QED) is 0.628. The van der Waals surface area contributed by atoms with Gasteiger partial charge in [-0.15, -0.1) is 4.68 Å². The van der Waals surface area contributed by atoms with Gasteiger partial charge in [-0.3, -0.25) is 0 Å². The van der Waals surface area contributed by atoms with E-state index in [1.807, 2.05) is 19.2 Å². The topological polar surface area (TPSA) is 29.7 Å². The van der Waals surface area contributed by atoms with Gasteiger partial charge in [0.25, 0.3) is 0 Å². The molecule has 0 atom stereocenters. The van der Waals surface area contributed by atoms with Crippen LogP contribution in [0.4, 0.5) is 0 Å². The summed E-state index contributed by atoms with van der Waals surface area (Å²) in [5.41, 5.74) is 2.34. The lowest BCUT2D eigenvalue weighted by molar-refractivity contribution is -0.722. The standard InChI is InChI=1S/C11H12N3/c1-9-5-3-4-6-10(9)11-12-7-8-13-14(11)2/h3-8H,1-2H3/q+1. The number of rotatable bonds is 1. The highest BCUT2D eigenvalue weighted by Crippen LogP contribution is 2.16. The van der Waals surface area contributed by atoms with Gasteiger partial charge in [-0.05, 0) is 23.5 Å². The summed E-state index contributed by atoms with van der Waals surface area (Å²) >= 11 is 0. The Morgan fingerprint density at radius 2 is 1.93 bits per heavy atom. The Labute approximate surface area is 83.1 Å². The van der Waals surface area contributed by atoms with Crippen LogP contribution in [0.1, 0.15) is 5.56 Å². The van der Waals surface area contributed by atoms with Crippen molar-refractivity contribution < 1.29 is 4.68 Å². The number of nitrogens with zero attached hydrogens (tertiary/aromatic N) is 3. The Kier molecular flexibility index (Phi) is 2.23. The van der Waals surface area contributed by atoms with Crippen LogP contribution in [-0.4, -0.2) is 10.1 Å². The molecule has 70 valence electrons. The predicted molar refractivity (Wildman–Crippen MR) is 53.4 cm³/mol. The molecule has 0 aliphatic heterocycles. The first-order chi connectivity index (χ1) is 6.79. The van der Waals surface area contributed by atoms with Crippen LogP contribution in [0.2, 0.25) is 0 Å². The van der Waals surface area contributed by atoms with E-state index in [1.54, 1.807) is 17.1 Å². The third-order valence-electron chi connectivity index (χ3n) is 2.20. The first-order valence-corrected chi connectivity index (χ1v) is 4.52. The van der Waals surface area contributed by atoms with E-state index in [-0.39, 0.29) is 0 Å². The van der Waals surface area contributed by atoms with Gasteiger partial charge in [0.05, 0.1) is 5.56 Å². The third-order valence-corrected chi connectivity index (χ3v) is 2.20. The first kappa shape index (κ1) is 8.81. The maximum atomic E-state index is 4.31. The summed E-state index contributed by atoms with van der Waals surface area (Å²) in [6.07, 6.45) is 3.39. The van der Waals surface area contributed by atoms with Gasteiger partial charge in [-0.2, -0.15) is 0 Å². The van der Waals surface area contributed by atoms with Gasteiger partial charge in [0, 0.05) is 0 Å². The Bertz CT molecular complexity index is 408. The Hall–Kier alpha value is -1.77. The van der Waals surface area contributed by atoms with Crippen molar-refractivity contribution in [2.75, 3.05) is 0 Å². The molecule has 2 rings (SSSR count). The molecule has 0 bridgehead atoms. The molecule has 3 heteroatoms. The lowest BCUT2D eigenvalue weighted by Crippen LogP contribution is -2.36. The number of hydrogen-bond acceptors (Lipinski definition) is 2. The Morgan fingerprint density at radius 3 is 2.64 bits per heavy atom. The fourth-order valence-corrected chi connectivity index (χ4v) is 1.44. The van der Waals surface area contributed by atoms with E-state index >= 15 is 0 Å². The largest absolute Gasteiger partial charge is 0.350 e. The summed E-state index contributed by atoms with van der Waals surface area (Å²) in [7, 11) is 1.90. The van der Waals surface area contributed by atoms with Crippen LogP contribution < -0.4 is 4.68 Å². The molecule has 0 radical (unpaired) electrons. The van der Waals surface area contributed by atoms with Gasteiger partial charge < -0.3 is 0 Å². The van der Waals surface area contributed by atoms with E-state index in [0.717, 1.165) is 11.4 Å². The van der Waals surface area contributed by atoms with Gasteiger partial charge in [0.2, 0.25) is 0 Å². The zero-order chi connectivity index (χ0) is 9.97. The highest BCUT2D eigenvalue weighted by molar-refractivity contribution is 5.56. The van der Waals surface area contributed by atoms with E-state index in [4.69, 9.17) is 0 Å². The third kappa shape index (κ3) is 1.48. The minimum absolute atomic E-state index is 0.894. The van der Waals surface area contributed by atoms with Crippen molar-refractivity contribution >= 4 is 0 Å². The molecule has 1 aromatic heterocycles. The lowest BCUT2D eigenvalue weighted by atomic mass is 10.1. The second kappa shape index (κ2) is 3.54. The van der Waals surface area contributed by atoms with Crippen LogP contribution in [0.3, 0.4) is 0 Å². The van der Waals surface area contributed by atoms with Crippen molar-refractivity contribution in [2.24, 2.45) is 7.05 Å². The van der Waals surface area contributed by atoms with Crippen molar-refractivity contribution in [1.29, 1.82) is 0 Å². The molecule has 2 aromatic rings. The number of aromatic nitrogens is 3. The number of hydrogen-bond donors (Lipinski definition) is 0. The molecule has 0 N–H and O–H groups in total. The summed E-state index contributed by atoms with van der Waals surface area (Å²) in [6.45, 7) is 2.07. The SMILES string of the molecule is Cc1ccccc1-c1nccn[n+]1C. The van der Waals surface area contributed by atoms with E-state index in [2.05, 4.69) is 29.1 Å². The monoisotopic (exact) mass is 186 g/mol. The van der Waals surface area contributed by atoms with E-state index in [1.165, 1.54) is 5.56 Å². The zero-order valence-corrected chi connectivity index (χ0v) is 8.31. The summed E-state index contributed by atoms with van der Waals surface area (Å²) in [4.78, 5) is 4.31. The van der Waals surface area contributed by atoms with Gasteiger partial charge in [-0.1, -0.05) is 23.3 Å². The van der Waals surface area contributed by atoms with Crippen LogP contribution >= 0.6 is 0 Å².